The molecule has 0 radical (unpaired) electrons. The Morgan fingerprint density at radius 3 is 2.32 bits per heavy atom. The van der Waals surface area contributed by atoms with E-state index in [4.69, 9.17) is 9.84 Å². The molecule has 0 aliphatic heterocycles. The van der Waals surface area contributed by atoms with E-state index in [1.54, 1.807) is 0 Å². The van der Waals surface area contributed by atoms with Crippen molar-refractivity contribution in [1.29, 1.82) is 0 Å². The van der Waals surface area contributed by atoms with Gasteiger partial charge < -0.3 is 14.6 Å². The number of aliphatic carboxylic acids is 1. The molecule has 6 nitrogen and oxygen atoms in total. The number of ether oxygens (including phenoxy) is 2. The summed E-state index contributed by atoms with van der Waals surface area (Å²) < 4.78 is 35.2. The summed E-state index contributed by atoms with van der Waals surface area (Å²) in [5.74, 6) is -5.79. The van der Waals surface area contributed by atoms with Crippen LogP contribution < -0.4 is 0 Å². The van der Waals surface area contributed by atoms with E-state index < -0.39 is 36.9 Å². The third kappa shape index (κ3) is 6.64. The predicted molar refractivity (Wildman–Crippen MR) is 70.2 cm³/mol. The second kappa shape index (κ2) is 7.86. The van der Waals surface area contributed by atoms with Crippen molar-refractivity contribution in [3.63, 3.8) is 0 Å². The molecular weight excluding hydrogens is 302 g/mol. The molecule has 0 spiro atoms. The average molecular weight is 320 g/mol. The summed E-state index contributed by atoms with van der Waals surface area (Å²) in [6.45, 7) is 2.52. The molecular formula is C14H18F2O6. The maximum Gasteiger partial charge on any atom is 0.341 e. The number of hydrogen-bond acceptors (Lipinski definition) is 5. The first kappa shape index (κ1) is 18.1. The highest BCUT2D eigenvalue weighted by Gasteiger charge is 2.35. The van der Waals surface area contributed by atoms with Gasteiger partial charge in [0.2, 0.25) is 5.92 Å². The smallest absolute Gasteiger partial charge is 0.341 e. The van der Waals surface area contributed by atoms with Gasteiger partial charge in [-0.15, -0.1) is 0 Å². The molecule has 8 heteroatoms. The van der Waals surface area contributed by atoms with Crippen LogP contribution in [-0.4, -0.2) is 42.2 Å². The molecule has 1 aliphatic carbocycles. The zero-order valence-electron chi connectivity index (χ0n) is 12.0. The second-order valence-corrected chi connectivity index (χ2v) is 5.23. The van der Waals surface area contributed by atoms with Crippen LogP contribution in [0.4, 0.5) is 8.78 Å². The Kier molecular flexibility index (Phi) is 6.45. The van der Waals surface area contributed by atoms with Gasteiger partial charge in [-0.3, -0.25) is 4.79 Å². The number of esters is 2. The minimum Gasteiger partial charge on any atom is -0.479 e. The van der Waals surface area contributed by atoms with E-state index in [-0.39, 0.29) is 43.8 Å². The van der Waals surface area contributed by atoms with E-state index >= 15 is 0 Å². The molecule has 1 fully saturated rings. The molecule has 1 aliphatic rings. The first-order valence-electron chi connectivity index (χ1n) is 6.80. The maximum atomic E-state index is 13.0. The Labute approximate surface area is 126 Å². The third-order valence-electron chi connectivity index (χ3n) is 3.29. The molecule has 0 amide bonds. The van der Waals surface area contributed by atoms with Crippen LogP contribution in [0.5, 0.6) is 0 Å². The van der Waals surface area contributed by atoms with Gasteiger partial charge in [-0.25, -0.2) is 18.4 Å². The fourth-order valence-electron chi connectivity index (χ4n) is 2.00. The molecule has 0 aromatic carbocycles. The topological polar surface area (TPSA) is 89.9 Å². The van der Waals surface area contributed by atoms with E-state index in [2.05, 4.69) is 11.3 Å². The lowest BCUT2D eigenvalue weighted by atomic mass is 9.87. The molecule has 0 aromatic heterocycles. The highest BCUT2D eigenvalue weighted by Crippen LogP contribution is 2.36. The highest BCUT2D eigenvalue weighted by atomic mass is 19.3. The quantitative estimate of drug-likeness (QED) is 0.569. The lowest BCUT2D eigenvalue weighted by molar-refractivity contribution is -0.153. The van der Waals surface area contributed by atoms with Crippen molar-refractivity contribution in [2.45, 2.75) is 38.0 Å². The Morgan fingerprint density at radius 1 is 1.18 bits per heavy atom. The maximum absolute atomic E-state index is 13.0. The summed E-state index contributed by atoms with van der Waals surface area (Å²) in [6.07, 6.45) is -0.308. The van der Waals surface area contributed by atoms with E-state index in [1.165, 1.54) is 0 Å². The summed E-state index contributed by atoms with van der Waals surface area (Å²) in [4.78, 5) is 33.0. The molecule has 0 saturated heterocycles. The number of rotatable bonds is 7. The van der Waals surface area contributed by atoms with Gasteiger partial charge in [0.15, 0.2) is 6.61 Å². The summed E-state index contributed by atoms with van der Waals surface area (Å²) in [7, 11) is 0. The third-order valence-corrected chi connectivity index (χ3v) is 3.29. The summed E-state index contributed by atoms with van der Waals surface area (Å²) >= 11 is 0. The molecule has 1 saturated carbocycles. The number of carbonyl (C=O) groups is 3. The van der Waals surface area contributed by atoms with Crippen molar-refractivity contribution in [1.82, 2.24) is 0 Å². The normalized spacial score (nSPS) is 17.5. The van der Waals surface area contributed by atoms with Crippen LogP contribution in [0.1, 0.15) is 32.1 Å². The number of alkyl halides is 2. The van der Waals surface area contributed by atoms with Crippen LogP contribution in [0.25, 0.3) is 0 Å². The van der Waals surface area contributed by atoms with Crippen molar-refractivity contribution in [3.8, 4) is 0 Å². The molecule has 1 rings (SSSR count). The van der Waals surface area contributed by atoms with E-state index in [0.717, 1.165) is 0 Å². The first-order chi connectivity index (χ1) is 10.2. The molecule has 0 unspecified atom stereocenters. The van der Waals surface area contributed by atoms with Gasteiger partial charge >= 0.3 is 17.9 Å². The summed E-state index contributed by atoms with van der Waals surface area (Å²) in [5.41, 5.74) is -0.221. The molecule has 0 aromatic rings. The van der Waals surface area contributed by atoms with Gasteiger partial charge in [0.25, 0.3) is 0 Å². The van der Waals surface area contributed by atoms with Crippen LogP contribution in [0.15, 0.2) is 12.2 Å². The molecule has 0 bridgehead atoms. The van der Waals surface area contributed by atoms with Crippen LogP contribution in [0.3, 0.4) is 0 Å². The number of carboxylic acids is 1. The number of hydrogen-bond donors (Lipinski definition) is 1. The second-order valence-electron chi connectivity index (χ2n) is 5.23. The van der Waals surface area contributed by atoms with E-state index in [0.29, 0.717) is 0 Å². The van der Waals surface area contributed by atoms with Crippen molar-refractivity contribution >= 4 is 17.9 Å². The number of carboxylic acid groups (broad SMARTS) is 1. The zero-order valence-corrected chi connectivity index (χ0v) is 12.0. The van der Waals surface area contributed by atoms with Gasteiger partial charge in [-0.2, -0.15) is 0 Å². The largest absolute Gasteiger partial charge is 0.479 e. The first-order valence-corrected chi connectivity index (χ1v) is 6.80. The Hall–Kier alpha value is -1.99. The van der Waals surface area contributed by atoms with E-state index in [9.17, 15) is 23.2 Å². The Morgan fingerprint density at radius 2 is 1.77 bits per heavy atom. The van der Waals surface area contributed by atoms with Gasteiger partial charge in [-0.05, 0) is 18.8 Å². The molecule has 124 valence electrons. The van der Waals surface area contributed by atoms with Crippen molar-refractivity contribution in [2.75, 3.05) is 13.2 Å². The Balaban J connectivity index is 2.24. The fourth-order valence-corrected chi connectivity index (χ4v) is 2.00. The van der Waals surface area contributed by atoms with Crippen molar-refractivity contribution in [3.05, 3.63) is 12.2 Å². The van der Waals surface area contributed by atoms with Crippen molar-refractivity contribution < 1.29 is 37.7 Å². The monoisotopic (exact) mass is 320 g/mol. The van der Waals surface area contributed by atoms with Crippen LogP contribution in [0, 0.1) is 5.92 Å². The summed E-state index contributed by atoms with van der Waals surface area (Å²) in [6, 6.07) is 0. The van der Waals surface area contributed by atoms with Gasteiger partial charge in [0, 0.05) is 18.4 Å². The molecule has 1 N–H and O–H groups in total. The molecule has 0 heterocycles. The van der Waals surface area contributed by atoms with Gasteiger partial charge in [0.1, 0.15) is 0 Å². The SMILES string of the molecule is C=C(CC(=O)OCC1CCC(F)(F)CC1)C(=O)OCC(=O)O. The van der Waals surface area contributed by atoms with Gasteiger partial charge in [-0.1, -0.05) is 6.58 Å². The molecule has 22 heavy (non-hydrogen) atoms. The number of carbonyl (C=O) groups excluding carboxylic acids is 2. The minimum absolute atomic E-state index is 0.0202. The fraction of sp³-hybridized carbons (Fsp3) is 0.643. The predicted octanol–water partition coefficient (Wildman–Crippen LogP) is 1.93. The number of halogens is 2. The zero-order chi connectivity index (χ0) is 16.8. The lowest BCUT2D eigenvalue weighted by Gasteiger charge is -2.27. The highest BCUT2D eigenvalue weighted by molar-refractivity contribution is 5.94. The lowest BCUT2D eigenvalue weighted by Crippen LogP contribution is -2.27. The molecule has 0 atom stereocenters. The van der Waals surface area contributed by atoms with Gasteiger partial charge in [0.05, 0.1) is 13.0 Å². The Bertz CT molecular complexity index is 450. The minimum atomic E-state index is -2.64. The van der Waals surface area contributed by atoms with E-state index in [1.807, 2.05) is 0 Å². The van der Waals surface area contributed by atoms with Crippen LogP contribution in [0.2, 0.25) is 0 Å². The van der Waals surface area contributed by atoms with Crippen LogP contribution in [-0.2, 0) is 23.9 Å². The van der Waals surface area contributed by atoms with Crippen LogP contribution >= 0.6 is 0 Å². The standard InChI is InChI=1S/C14H18F2O6/c1-9(13(20)22-8-11(17)18)6-12(19)21-7-10-2-4-14(15,16)5-3-10/h10H,1-8H2,(H,17,18). The average Bonchev–Trinajstić information content (AvgIpc) is 2.43. The summed E-state index contributed by atoms with van der Waals surface area (Å²) in [5, 5.41) is 8.34. The van der Waals surface area contributed by atoms with Crippen molar-refractivity contribution in [2.24, 2.45) is 5.92 Å².